The van der Waals surface area contributed by atoms with Crippen molar-refractivity contribution in [1.29, 1.82) is 0 Å². The van der Waals surface area contributed by atoms with E-state index in [4.69, 9.17) is 0 Å². The van der Waals surface area contributed by atoms with Gasteiger partial charge in [0.05, 0.1) is 6.61 Å². The first-order valence-corrected chi connectivity index (χ1v) is 7.01. The van der Waals surface area contributed by atoms with E-state index >= 15 is 0 Å². The minimum Gasteiger partial charge on any atom is -0.395 e. The highest BCUT2D eigenvalue weighted by atomic mass is 16.3. The Kier molecular flexibility index (Phi) is 3.67. The van der Waals surface area contributed by atoms with E-state index in [2.05, 4.69) is 50.8 Å². The summed E-state index contributed by atoms with van der Waals surface area (Å²) in [6.45, 7) is 10.0. The van der Waals surface area contributed by atoms with Crippen LogP contribution in [0.5, 0.6) is 0 Å². The molecular weight excluding hydrogens is 222 g/mol. The number of nitrogens with zero attached hydrogens (tertiary/aromatic N) is 1. The molecule has 1 aliphatic heterocycles. The number of anilines is 1. The number of hydrogen-bond donors (Lipinski definition) is 1. The topological polar surface area (TPSA) is 23.5 Å². The summed E-state index contributed by atoms with van der Waals surface area (Å²) in [5.41, 5.74) is 4.35. The molecule has 0 saturated carbocycles. The molecule has 0 aliphatic carbocycles. The molecule has 1 unspecified atom stereocenters. The van der Waals surface area contributed by atoms with Gasteiger partial charge in [0.15, 0.2) is 0 Å². The van der Waals surface area contributed by atoms with E-state index in [0.29, 0.717) is 5.92 Å². The molecule has 0 aromatic heterocycles. The van der Waals surface area contributed by atoms with Crippen molar-refractivity contribution in [2.24, 2.45) is 0 Å². The van der Waals surface area contributed by atoms with Gasteiger partial charge in [-0.05, 0) is 43.7 Å². The Morgan fingerprint density at radius 3 is 2.72 bits per heavy atom. The third-order valence-corrected chi connectivity index (χ3v) is 4.19. The monoisotopic (exact) mass is 247 g/mol. The van der Waals surface area contributed by atoms with Crippen molar-refractivity contribution < 1.29 is 5.11 Å². The van der Waals surface area contributed by atoms with E-state index < -0.39 is 0 Å². The highest BCUT2D eigenvalue weighted by Crippen LogP contribution is 2.44. The minimum absolute atomic E-state index is 0.125. The fraction of sp³-hybridized carbons (Fsp3) is 0.625. The molecular formula is C16H25NO. The maximum Gasteiger partial charge on any atom is 0.0606 e. The van der Waals surface area contributed by atoms with Gasteiger partial charge in [0.1, 0.15) is 0 Å². The number of aryl methyl sites for hydroxylation is 1. The Morgan fingerprint density at radius 1 is 1.39 bits per heavy atom. The summed E-state index contributed by atoms with van der Waals surface area (Å²) in [4.78, 5) is 2.40. The lowest BCUT2D eigenvalue weighted by Crippen LogP contribution is -2.50. The zero-order valence-corrected chi connectivity index (χ0v) is 12.0. The van der Waals surface area contributed by atoms with Gasteiger partial charge in [-0.25, -0.2) is 0 Å². The fourth-order valence-corrected chi connectivity index (χ4v) is 3.41. The standard InChI is InChI=1S/C16H25NO/c1-5-13-7-6-8-14-12(2)11-16(3,4)17(9-10-18)15(13)14/h6-8,12,18H,5,9-11H2,1-4H3. The SMILES string of the molecule is CCc1cccc2c1N(CCO)C(C)(C)CC2C. The number of rotatable bonds is 3. The van der Waals surface area contributed by atoms with Crippen molar-refractivity contribution in [2.75, 3.05) is 18.1 Å². The summed E-state index contributed by atoms with van der Waals surface area (Å²) < 4.78 is 0. The van der Waals surface area contributed by atoms with Crippen LogP contribution in [0, 0.1) is 0 Å². The largest absolute Gasteiger partial charge is 0.395 e. The molecule has 1 atom stereocenters. The smallest absolute Gasteiger partial charge is 0.0606 e. The lowest BCUT2D eigenvalue weighted by molar-refractivity contribution is 0.277. The molecule has 1 aromatic rings. The first-order valence-electron chi connectivity index (χ1n) is 7.01. The summed E-state index contributed by atoms with van der Waals surface area (Å²) in [7, 11) is 0. The highest BCUT2D eigenvalue weighted by Gasteiger charge is 2.36. The quantitative estimate of drug-likeness (QED) is 0.885. The van der Waals surface area contributed by atoms with E-state index in [1.165, 1.54) is 16.8 Å². The molecule has 0 spiro atoms. The predicted molar refractivity (Wildman–Crippen MR) is 77.4 cm³/mol. The summed E-state index contributed by atoms with van der Waals surface area (Å²) >= 11 is 0. The van der Waals surface area contributed by atoms with Crippen LogP contribution < -0.4 is 4.90 Å². The lowest BCUT2D eigenvalue weighted by atomic mass is 9.79. The second kappa shape index (κ2) is 4.93. The Hall–Kier alpha value is -1.02. The molecule has 1 N–H and O–H groups in total. The van der Waals surface area contributed by atoms with Crippen LogP contribution in [0.25, 0.3) is 0 Å². The molecule has 2 nitrogen and oxygen atoms in total. The van der Waals surface area contributed by atoms with E-state index in [0.717, 1.165) is 19.4 Å². The first-order chi connectivity index (χ1) is 8.51. The third kappa shape index (κ3) is 2.14. The molecule has 2 heteroatoms. The Bertz CT molecular complexity index is 425. The molecule has 0 amide bonds. The maximum absolute atomic E-state index is 9.36. The summed E-state index contributed by atoms with van der Waals surface area (Å²) in [5, 5.41) is 9.36. The third-order valence-electron chi connectivity index (χ3n) is 4.19. The van der Waals surface area contributed by atoms with Crippen LogP contribution in [-0.4, -0.2) is 23.8 Å². The molecule has 0 fully saturated rings. The van der Waals surface area contributed by atoms with Crippen LogP contribution in [-0.2, 0) is 6.42 Å². The Morgan fingerprint density at radius 2 is 2.11 bits per heavy atom. The Labute approximate surface area is 111 Å². The van der Waals surface area contributed by atoms with Gasteiger partial charge in [-0.3, -0.25) is 0 Å². The zero-order chi connectivity index (χ0) is 13.3. The molecule has 1 heterocycles. The average molecular weight is 247 g/mol. The van der Waals surface area contributed by atoms with Gasteiger partial charge in [0.25, 0.3) is 0 Å². The first kappa shape index (κ1) is 13.4. The summed E-state index contributed by atoms with van der Waals surface area (Å²) in [6, 6.07) is 6.64. The number of β-amino-alcohol motifs (C(OH)–C–C–N with tert-alkyl or cyclic N) is 1. The van der Waals surface area contributed by atoms with Gasteiger partial charge in [-0.15, -0.1) is 0 Å². The minimum atomic E-state index is 0.125. The normalized spacial score (nSPS) is 21.8. The molecule has 0 radical (unpaired) electrons. The zero-order valence-electron chi connectivity index (χ0n) is 12.0. The van der Waals surface area contributed by atoms with Gasteiger partial charge in [0, 0.05) is 17.8 Å². The average Bonchev–Trinajstić information content (AvgIpc) is 2.33. The van der Waals surface area contributed by atoms with Gasteiger partial charge in [-0.1, -0.05) is 32.0 Å². The molecule has 0 bridgehead atoms. The van der Waals surface area contributed by atoms with Crippen molar-refractivity contribution >= 4 is 5.69 Å². The van der Waals surface area contributed by atoms with Crippen LogP contribution in [0.4, 0.5) is 5.69 Å². The fourth-order valence-electron chi connectivity index (χ4n) is 3.41. The van der Waals surface area contributed by atoms with Gasteiger partial charge < -0.3 is 10.0 Å². The number of aliphatic hydroxyl groups is 1. The molecule has 100 valence electrons. The molecule has 1 aliphatic rings. The second-order valence-electron chi connectivity index (χ2n) is 6.00. The van der Waals surface area contributed by atoms with Crippen molar-refractivity contribution in [2.45, 2.75) is 52.0 Å². The van der Waals surface area contributed by atoms with Crippen molar-refractivity contribution in [1.82, 2.24) is 0 Å². The molecule has 1 aromatic carbocycles. The number of fused-ring (bicyclic) bond motifs is 1. The molecule has 2 rings (SSSR count). The van der Waals surface area contributed by atoms with Crippen LogP contribution in [0.15, 0.2) is 18.2 Å². The van der Waals surface area contributed by atoms with Gasteiger partial charge in [-0.2, -0.15) is 0 Å². The predicted octanol–water partition coefficient (Wildman–Crippen LogP) is 3.33. The number of para-hydroxylation sites is 1. The van der Waals surface area contributed by atoms with Crippen LogP contribution in [0.2, 0.25) is 0 Å². The van der Waals surface area contributed by atoms with Crippen molar-refractivity contribution in [3.8, 4) is 0 Å². The maximum atomic E-state index is 9.36. The van der Waals surface area contributed by atoms with Crippen LogP contribution in [0.3, 0.4) is 0 Å². The Balaban J connectivity index is 2.57. The summed E-state index contributed by atoms with van der Waals surface area (Å²) in [5.74, 6) is 0.594. The van der Waals surface area contributed by atoms with E-state index in [1.807, 2.05) is 0 Å². The van der Waals surface area contributed by atoms with Crippen molar-refractivity contribution in [3.63, 3.8) is 0 Å². The highest BCUT2D eigenvalue weighted by molar-refractivity contribution is 5.64. The number of hydrogen-bond acceptors (Lipinski definition) is 2. The molecule has 18 heavy (non-hydrogen) atoms. The number of aliphatic hydroxyl groups excluding tert-OH is 1. The van der Waals surface area contributed by atoms with E-state index in [1.54, 1.807) is 0 Å². The van der Waals surface area contributed by atoms with E-state index in [-0.39, 0.29) is 12.1 Å². The number of benzene rings is 1. The van der Waals surface area contributed by atoms with Crippen LogP contribution in [0.1, 0.15) is 51.2 Å². The van der Waals surface area contributed by atoms with Gasteiger partial charge in [0.2, 0.25) is 0 Å². The van der Waals surface area contributed by atoms with Crippen LogP contribution >= 0.6 is 0 Å². The molecule has 0 saturated heterocycles. The summed E-state index contributed by atoms with van der Waals surface area (Å²) in [6.07, 6.45) is 2.20. The lowest BCUT2D eigenvalue weighted by Gasteiger charge is -2.48. The van der Waals surface area contributed by atoms with Gasteiger partial charge >= 0.3 is 0 Å². The second-order valence-corrected chi connectivity index (χ2v) is 6.00. The van der Waals surface area contributed by atoms with Crippen molar-refractivity contribution in [3.05, 3.63) is 29.3 Å². The van der Waals surface area contributed by atoms with E-state index in [9.17, 15) is 5.11 Å².